The second-order valence-electron chi connectivity index (χ2n) is 5.17. The molecule has 0 atom stereocenters. The number of benzene rings is 3. The number of halogens is 1. The van der Waals surface area contributed by atoms with E-state index in [0.717, 1.165) is 26.8 Å². The molecule has 1 aromatic heterocycles. The number of rotatable bonds is 2. The number of nitrogens with one attached hydrogen (secondary N) is 1. The van der Waals surface area contributed by atoms with Crippen LogP contribution in [-0.4, -0.2) is 4.98 Å². The van der Waals surface area contributed by atoms with Gasteiger partial charge in [-0.3, -0.25) is 4.98 Å². The predicted molar refractivity (Wildman–Crippen MR) is 96.7 cm³/mol. The van der Waals surface area contributed by atoms with Crippen molar-refractivity contribution in [2.24, 2.45) is 0 Å². The summed E-state index contributed by atoms with van der Waals surface area (Å²) in [7, 11) is 0. The number of anilines is 2. The lowest BCUT2D eigenvalue weighted by molar-refractivity contribution is 1.40. The van der Waals surface area contributed by atoms with Crippen LogP contribution in [0.3, 0.4) is 0 Å². The van der Waals surface area contributed by atoms with Gasteiger partial charge in [0.05, 0.1) is 5.52 Å². The quantitative estimate of drug-likeness (QED) is 0.488. The SMILES string of the molecule is Brc1ccc2c(Nc3cccc4ccccc34)ccnc2c1. The molecule has 3 aromatic carbocycles. The van der Waals surface area contributed by atoms with Crippen molar-refractivity contribution in [2.75, 3.05) is 5.32 Å². The number of aromatic nitrogens is 1. The summed E-state index contributed by atoms with van der Waals surface area (Å²) in [5.74, 6) is 0. The molecule has 0 aliphatic heterocycles. The van der Waals surface area contributed by atoms with Crippen molar-refractivity contribution < 1.29 is 0 Å². The summed E-state index contributed by atoms with van der Waals surface area (Å²) in [5.41, 5.74) is 3.14. The van der Waals surface area contributed by atoms with Crippen LogP contribution in [0.2, 0.25) is 0 Å². The molecule has 0 bridgehead atoms. The Balaban J connectivity index is 1.86. The Labute approximate surface area is 136 Å². The molecule has 1 heterocycles. The van der Waals surface area contributed by atoms with E-state index < -0.39 is 0 Å². The van der Waals surface area contributed by atoms with Gasteiger partial charge in [-0.15, -0.1) is 0 Å². The fourth-order valence-electron chi connectivity index (χ4n) is 2.71. The summed E-state index contributed by atoms with van der Waals surface area (Å²) in [4.78, 5) is 4.44. The molecule has 0 aliphatic rings. The average Bonchev–Trinajstić information content (AvgIpc) is 2.55. The third-order valence-electron chi connectivity index (χ3n) is 3.76. The molecule has 4 rings (SSSR count). The summed E-state index contributed by atoms with van der Waals surface area (Å²) in [6, 6.07) is 22.9. The first kappa shape index (κ1) is 13.3. The maximum absolute atomic E-state index is 4.44. The minimum Gasteiger partial charge on any atom is -0.354 e. The van der Waals surface area contributed by atoms with Gasteiger partial charge in [0.25, 0.3) is 0 Å². The third kappa shape index (κ3) is 2.34. The van der Waals surface area contributed by atoms with Crippen LogP contribution in [0.1, 0.15) is 0 Å². The maximum atomic E-state index is 4.44. The topological polar surface area (TPSA) is 24.9 Å². The van der Waals surface area contributed by atoms with Gasteiger partial charge in [0.1, 0.15) is 0 Å². The number of hydrogen-bond acceptors (Lipinski definition) is 2. The van der Waals surface area contributed by atoms with E-state index >= 15 is 0 Å². The van der Waals surface area contributed by atoms with E-state index in [1.165, 1.54) is 10.8 Å². The minimum absolute atomic E-state index is 0.972. The lowest BCUT2D eigenvalue weighted by Gasteiger charge is -2.12. The van der Waals surface area contributed by atoms with E-state index in [1.54, 1.807) is 0 Å². The van der Waals surface area contributed by atoms with Crippen LogP contribution in [0.25, 0.3) is 21.7 Å². The molecule has 0 aliphatic carbocycles. The first-order valence-electron chi connectivity index (χ1n) is 7.10. The number of hydrogen-bond donors (Lipinski definition) is 1. The van der Waals surface area contributed by atoms with Crippen LogP contribution < -0.4 is 5.32 Å². The van der Waals surface area contributed by atoms with Gasteiger partial charge in [-0.05, 0) is 35.7 Å². The first-order valence-corrected chi connectivity index (χ1v) is 7.90. The third-order valence-corrected chi connectivity index (χ3v) is 4.26. The normalized spacial score (nSPS) is 11.0. The highest BCUT2D eigenvalue weighted by atomic mass is 79.9. The lowest BCUT2D eigenvalue weighted by atomic mass is 10.1. The molecule has 1 N–H and O–H groups in total. The largest absolute Gasteiger partial charge is 0.354 e. The molecule has 0 saturated heterocycles. The summed E-state index contributed by atoms with van der Waals surface area (Å²) in [6.07, 6.45) is 1.84. The van der Waals surface area contributed by atoms with Crippen LogP contribution in [0.4, 0.5) is 11.4 Å². The molecule has 22 heavy (non-hydrogen) atoms. The van der Waals surface area contributed by atoms with Crippen molar-refractivity contribution in [3.05, 3.63) is 77.4 Å². The molecule has 0 saturated carbocycles. The van der Waals surface area contributed by atoms with Crippen LogP contribution >= 0.6 is 15.9 Å². The average molecular weight is 349 g/mol. The minimum atomic E-state index is 0.972. The summed E-state index contributed by atoms with van der Waals surface area (Å²) >= 11 is 3.50. The monoisotopic (exact) mass is 348 g/mol. The van der Waals surface area contributed by atoms with Gasteiger partial charge in [0.15, 0.2) is 0 Å². The number of nitrogens with zero attached hydrogens (tertiary/aromatic N) is 1. The molecule has 0 radical (unpaired) electrons. The fourth-order valence-corrected chi connectivity index (χ4v) is 3.06. The van der Waals surface area contributed by atoms with Crippen molar-refractivity contribution >= 4 is 49.0 Å². The maximum Gasteiger partial charge on any atom is 0.0734 e. The van der Waals surface area contributed by atoms with Crippen LogP contribution in [0, 0.1) is 0 Å². The molecular weight excluding hydrogens is 336 g/mol. The molecule has 3 heteroatoms. The zero-order valence-corrected chi connectivity index (χ0v) is 13.3. The van der Waals surface area contributed by atoms with Gasteiger partial charge < -0.3 is 5.32 Å². The first-order chi connectivity index (χ1) is 10.8. The van der Waals surface area contributed by atoms with Crippen LogP contribution in [0.15, 0.2) is 77.4 Å². The highest BCUT2D eigenvalue weighted by molar-refractivity contribution is 9.10. The van der Waals surface area contributed by atoms with Gasteiger partial charge in [0.2, 0.25) is 0 Å². The van der Waals surface area contributed by atoms with Gasteiger partial charge >= 0.3 is 0 Å². The van der Waals surface area contributed by atoms with Crippen LogP contribution in [-0.2, 0) is 0 Å². The summed E-state index contributed by atoms with van der Waals surface area (Å²) in [5, 5.41) is 7.11. The van der Waals surface area contributed by atoms with E-state index in [1.807, 2.05) is 24.4 Å². The van der Waals surface area contributed by atoms with Crippen molar-refractivity contribution in [1.82, 2.24) is 4.98 Å². The highest BCUT2D eigenvalue weighted by Crippen LogP contribution is 2.30. The fraction of sp³-hybridized carbons (Fsp3) is 0. The van der Waals surface area contributed by atoms with Crippen molar-refractivity contribution in [3.63, 3.8) is 0 Å². The predicted octanol–water partition coefficient (Wildman–Crippen LogP) is 5.89. The van der Waals surface area contributed by atoms with E-state index in [9.17, 15) is 0 Å². The Morgan fingerprint density at radius 3 is 2.55 bits per heavy atom. The standard InChI is InChI=1S/C19H13BrN2/c20-14-8-9-16-18(10-11-21-19(16)12-14)22-17-7-3-5-13-4-1-2-6-15(13)17/h1-12H,(H,21,22). The summed E-state index contributed by atoms with van der Waals surface area (Å²) in [6.45, 7) is 0. The zero-order valence-electron chi connectivity index (χ0n) is 11.8. The second kappa shape index (κ2) is 5.43. The molecule has 0 fully saturated rings. The Bertz CT molecular complexity index is 974. The van der Waals surface area contributed by atoms with E-state index in [0.29, 0.717) is 0 Å². The van der Waals surface area contributed by atoms with E-state index in [2.05, 4.69) is 74.8 Å². The molecule has 106 valence electrons. The van der Waals surface area contributed by atoms with Gasteiger partial charge in [-0.2, -0.15) is 0 Å². The Kier molecular flexibility index (Phi) is 3.28. The van der Waals surface area contributed by atoms with Crippen molar-refractivity contribution in [1.29, 1.82) is 0 Å². The van der Waals surface area contributed by atoms with Gasteiger partial charge in [-0.1, -0.05) is 52.3 Å². The van der Waals surface area contributed by atoms with E-state index in [4.69, 9.17) is 0 Å². The highest BCUT2D eigenvalue weighted by Gasteiger charge is 2.05. The van der Waals surface area contributed by atoms with Gasteiger partial charge in [-0.25, -0.2) is 0 Å². The Morgan fingerprint density at radius 1 is 0.773 bits per heavy atom. The van der Waals surface area contributed by atoms with Crippen molar-refractivity contribution in [2.45, 2.75) is 0 Å². The second-order valence-corrected chi connectivity index (χ2v) is 6.09. The van der Waals surface area contributed by atoms with Crippen LogP contribution in [0.5, 0.6) is 0 Å². The lowest BCUT2D eigenvalue weighted by Crippen LogP contribution is -1.93. The van der Waals surface area contributed by atoms with Crippen molar-refractivity contribution in [3.8, 4) is 0 Å². The molecular formula is C19H13BrN2. The van der Waals surface area contributed by atoms with Gasteiger partial charge in [0, 0.05) is 32.8 Å². The molecule has 4 aromatic rings. The Hall–Kier alpha value is -2.39. The molecule has 0 spiro atoms. The van der Waals surface area contributed by atoms with E-state index in [-0.39, 0.29) is 0 Å². The smallest absolute Gasteiger partial charge is 0.0734 e. The Morgan fingerprint density at radius 2 is 1.59 bits per heavy atom. The number of pyridine rings is 1. The number of fused-ring (bicyclic) bond motifs is 2. The molecule has 2 nitrogen and oxygen atoms in total. The molecule has 0 unspecified atom stereocenters. The zero-order chi connectivity index (χ0) is 14.9. The molecule has 0 amide bonds. The summed E-state index contributed by atoms with van der Waals surface area (Å²) < 4.78 is 1.04.